The van der Waals surface area contributed by atoms with Gasteiger partial charge >= 0.3 is 0 Å². The van der Waals surface area contributed by atoms with Crippen molar-refractivity contribution in [3.05, 3.63) is 59.7 Å². The zero-order valence-electron chi connectivity index (χ0n) is 20.9. The minimum Gasteiger partial charge on any atom is -0.388 e. The molecule has 36 heavy (non-hydrogen) atoms. The third kappa shape index (κ3) is 8.05. The van der Waals surface area contributed by atoms with Crippen LogP contribution >= 0.6 is 23.4 Å². The highest BCUT2D eigenvalue weighted by molar-refractivity contribution is 7.99. The van der Waals surface area contributed by atoms with E-state index in [1.54, 1.807) is 13.2 Å². The van der Waals surface area contributed by atoms with Gasteiger partial charge in [-0.3, -0.25) is 4.79 Å². The average molecular weight is 539 g/mol. The van der Waals surface area contributed by atoms with Crippen molar-refractivity contribution in [2.75, 3.05) is 12.8 Å². The Morgan fingerprint density at radius 1 is 1.25 bits per heavy atom. The van der Waals surface area contributed by atoms with Crippen LogP contribution in [0.15, 0.2) is 54.1 Å². The van der Waals surface area contributed by atoms with Gasteiger partial charge in [-0.05, 0) is 57.4 Å². The van der Waals surface area contributed by atoms with Crippen molar-refractivity contribution in [2.24, 2.45) is 0 Å². The summed E-state index contributed by atoms with van der Waals surface area (Å²) in [7, 11) is 0. The normalized spacial score (nSPS) is 30.9. The maximum Gasteiger partial charge on any atom is 0.237 e. The highest BCUT2D eigenvalue weighted by Crippen LogP contribution is 2.30. The molecule has 1 aromatic rings. The van der Waals surface area contributed by atoms with Crippen molar-refractivity contribution in [1.29, 1.82) is 0 Å². The van der Waals surface area contributed by atoms with Crippen LogP contribution in [0.3, 0.4) is 0 Å². The van der Waals surface area contributed by atoms with Crippen LogP contribution < -0.4 is 10.6 Å². The van der Waals surface area contributed by atoms with Gasteiger partial charge in [0.25, 0.3) is 0 Å². The van der Waals surface area contributed by atoms with Gasteiger partial charge in [-0.15, -0.1) is 23.4 Å². The predicted molar refractivity (Wildman–Crippen MR) is 145 cm³/mol. The quantitative estimate of drug-likeness (QED) is 0.230. The number of carbonyl (C=O) groups excluding carboxylic acids is 1. The smallest absolute Gasteiger partial charge is 0.237 e. The molecule has 1 aromatic carbocycles. The SMILES string of the molecule is CSC1O[C@H]([C@H](NC(=O)[C@@H]2CC=C(/C=C/CCCc3ccccc3)CCN2)[C@H](C)Cl)C(O)C(O)[C@H]1O. The first-order chi connectivity index (χ1) is 17.3. The number of amides is 1. The molecule has 0 aliphatic carbocycles. The van der Waals surface area contributed by atoms with Crippen molar-refractivity contribution in [1.82, 2.24) is 10.6 Å². The summed E-state index contributed by atoms with van der Waals surface area (Å²) in [5.74, 6) is -0.242. The zero-order chi connectivity index (χ0) is 26.1. The number of rotatable bonds is 10. The van der Waals surface area contributed by atoms with Crippen molar-refractivity contribution < 1.29 is 24.9 Å². The molecule has 9 heteroatoms. The molecule has 0 spiro atoms. The molecular weight excluding hydrogens is 500 g/mol. The number of aliphatic hydroxyl groups is 3. The summed E-state index contributed by atoms with van der Waals surface area (Å²) in [6.07, 6.45) is 7.74. The van der Waals surface area contributed by atoms with Gasteiger partial charge in [0.15, 0.2) is 0 Å². The summed E-state index contributed by atoms with van der Waals surface area (Å²) in [5.41, 5.74) is 1.82. The molecule has 0 saturated carbocycles. The van der Waals surface area contributed by atoms with Crippen LogP contribution in [0.5, 0.6) is 0 Å². The van der Waals surface area contributed by atoms with Gasteiger partial charge in [0.1, 0.15) is 29.9 Å². The fourth-order valence-corrected chi connectivity index (χ4v) is 5.47. The maximum absolute atomic E-state index is 13.1. The molecule has 2 aliphatic rings. The van der Waals surface area contributed by atoms with Gasteiger partial charge in [-0.2, -0.15) is 0 Å². The highest BCUT2D eigenvalue weighted by atomic mass is 35.5. The molecule has 0 bridgehead atoms. The van der Waals surface area contributed by atoms with E-state index in [0.717, 1.165) is 25.7 Å². The van der Waals surface area contributed by atoms with Gasteiger partial charge in [-0.1, -0.05) is 54.1 Å². The largest absolute Gasteiger partial charge is 0.388 e. The Hall–Kier alpha value is -1.39. The molecule has 1 saturated heterocycles. The van der Waals surface area contributed by atoms with Crippen LogP contribution in [-0.4, -0.2) is 81.3 Å². The van der Waals surface area contributed by atoms with Crippen molar-refractivity contribution >= 4 is 29.3 Å². The molecule has 3 unspecified atom stereocenters. The summed E-state index contributed by atoms with van der Waals surface area (Å²) >= 11 is 7.60. The number of benzene rings is 1. The second-order valence-electron chi connectivity index (χ2n) is 9.44. The first-order valence-corrected chi connectivity index (χ1v) is 14.3. The van der Waals surface area contributed by atoms with Crippen LogP contribution in [0.4, 0.5) is 0 Å². The first kappa shape index (κ1) is 29.2. The lowest BCUT2D eigenvalue weighted by molar-refractivity contribution is -0.205. The van der Waals surface area contributed by atoms with E-state index in [1.807, 2.05) is 6.07 Å². The standard InChI is InChI=1S/C27H39ClN2O5S/c1-17(28)21(25-23(32)22(31)24(33)27(35-25)36-2)30-26(34)20-14-13-19(15-16-29-20)12-8-4-7-11-18-9-5-3-6-10-18/h3,5-6,8-10,12-13,17,20-25,27,29,31-33H,4,7,11,14-16H2,1-2H3,(H,30,34)/b12-8+/t17-,20-,21+,22?,23?,24+,25+,27?/m0/s1. The Bertz CT molecular complexity index is 882. The molecule has 7 nitrogen and oxygen atoms in total. The number of hydrogen-bond donors (Lipinski definition) is 5. The fraction of sp³-hybridized carbons (Fsp3) is 0.593. The second-order valence-corrected chi connectivity index (χ2v) is 11.1. The molecule has 1 amide bonds. The molecule has 200 valence electrons. The number of nitrogens with one attached hydrogen (secondary N) is 2. The van der Waals surface area contributed by atoms with Gasteiger partial charge in [0.2, 0.25) is 5.91 Å². The van der Waals surface area contributed by atoms with Crippen LogP contribution in [-0.2, 0) is 16.0 Å². The van der Waals surface area contributed by atoms with Gasteiger partial charge < -0.3 is 30.7 Å². The summed E-state index contributed by atoms with van der Waals surface area (Å²) in [6, 6.07) is 9.27. The molecule has 2 aliphatic heterocycles. The molecule has 5 N–H and O–H groups in total. The lowest BCUT2D eigenvalue weighted by Crippen LogP contribution is -2.65. The van der Waals surface area contributed by atoms with E-state index in [2.05, 4.69) is 53.1 Å². The Morgan fingerprint density at radius 3 is 2.69 bits per heavy atom. The molecule has 8 atom stereocenters. The van der Waals surface area contributed by atoms with Crippen molar-refractivity contribution in [3.63, 3.8) is 0 Å². The number of allylic oxidation sites excluding steroid dienone is 2. The molecule has 1 fully saturated rings. The number of ether oxygens (including phenoxy) is 1. The number of aryl methyl sites for hydroxylation is 1. The molecule has 2 heterocycles. The lowest BCUT2D eigenvalue weighted by atomic mass is 9.93. The Balaban J connectivity index is 1.53. The van der Waals surface area contributed by atoms with E-state index >= 15 is 0 Å². The number of hydrogen-bond acceptors (Lipinski definition) is 7. The topological polar surface area (TPSA) is 111 Å². The molecular formula is C27H39ClN2O5S. The first-order valence-electron chi connectivity index (χ1n) is 12.6. The number of halogens is 1. The average Bonchev–Trinajstić information content (AvgIpc) is 3.12. The van der Waals surface area contributed by atoms with Crippen molar-refractivity contribution in [2.45, 2.75) is 86.3 Å². The van der Waals surface area contributed by atoms with Gasteiger partial charge in [0, 0.05) is 0 Å². The number of aliphatic hydroxyl groups excluding tert-OH is 3. The molecule has 0 aromatic heterocycles. The Kier molecular flexibility index (Phi) is 11.8. The summed E-state index contributed by atoms with van der Waals surface area (Å²) in [6.45, 7) is 2.37. The second kappa shape index (κ2) is 14.5. The van der Waals surface area contributed by atoms with Crippen LogP contribution in [0.1, 0.15) is 38.2 Å². The number of alkyl halides is 1. The summed E-state index contributed by atoms with van der Waals surface area (Å²) in [5, 5.41) is 36.6. The monoisotopic (exact) mass is 538 g/mol. The third-order valence-corrected chi connectivity index (χ3v) is 7.87. The fourth-order valence-electron chi connectivity index (χ4n) is 4.59. The van der Waals surface area contributed by atoms with Crippen LogP contribution in [0.2, 0.25) is 0 Å². The van der Waals surface area contributed by atoms with E-state index < -0.39 is 47.3 Å². The van der Waals surface area contributed by atoms with E-state index in [9.17, 15) is 20.1 Å². The van der Waals surface area contributed by atoms with Gasteiger partial charge in [-0.25, -0.2) is 0 Å². The zero-order valence-corrected chi connectivity index (χ0v) is 22.5. The number of thioether (sulfide) groups is 1. The molecule has 3 rings (SSSR count). The molecule has 0 radical (unpaired) electrons. The van der Waals surface area contributed by atoms with E-state index in [-0.39, 0.29) is 5.91 Å². The highest BCUT2D eigenvalue weighted by Gasteiger charge is 2.48. The van der Waals surface area contributed by atoms with Gasteiger partial charge in [0.05, 0.1) is 17.5 Å². The lowest BCUT2D eigenvalue weighted by Gasteiger charge is -2.44. The Morgan fingerprint density at radius 2 is 2.00 bits per heavy atom. The Labute approximate surface area is 223 Å². The van der Waals surface area contributed by atoms with Crippen molar-refractivity contribution in [3.8, 4) is 0 Å². The summed E-state index contributed by atoms with van der Waals surface area (Å²) < 4.78 is 5.84. The number of carbonyl (C=O) groups is 1. The summed E-state index contributed by atoms with van der Waals surface area (Å²) in [4.78, 5) is 13.1. The van der Waals surface area contributed by atoms with E-state index in [4.69, 9.17) is 16.3 Å². The van der Waals surface area contributed by atoms with E-state index in [1.165, 1.54) is 22.9 Å². The van der Waals surface area contributed by atoms with E-state index in [0.29, 0.717) is 13.0 Å². The van der Waals surface area contributed by atoms with Crippen LogP contribution in [0, 0.1) is 0 Å². The minimum absolute atomic E-state index is 0.242. The number of unbranched alkanes of at least 4 members (excludes halogenated alkanes) is 1. The third-order valence-electron chi connectivity index (χ3n) is 6.74. The maximum atomic E-state index is 13.1. The predicted octanol–water partition coefficient (Wildman–Crippen LogP) is 2.53. The minimum atomic E-state index is -1.39. The van der Waals surface area contributed by atoms with Crippen LogP contribution in [0.25, 0.3) is 0 Å².